The number of hydrogen-bond donors (Lipinski definition) is 1. The van der Waals surface area contributed by atoms with Gasteiger partial charge in [0.2, 0.25) is 5.13 Å². The summed E-state index contributed by atoms with van der Waals surface area (Å²) in [5, 5.41) is 24.3. The van der Waals surface area contributed by atoms with Crippen molar-refractivity contribution in [2.75, 3.05) is 5.01 Å². The molecule has 1 amide bonds. The molecule has 1 aromatic heterocycles. The van der Waals surface area contributed by atoms with Crippen molar-refractivity contribution in [3.63, 3.8) is 0 Å². The standard InChI is InChI=1S/C17H12ClN5O2S/c1-9-15(21-20-11-7-6-10(18)8-13(11)24)16(25)23(22-9)17-19-12-4-2-3-5-14(12)26-17/h2-8,15,24H,1H3. The molecule has 0 fully saturated rings. The Hall–Kier alpha value is -2.84. The predicted octanol–water partition coefficient (Wildman–Crippen LogP) is 4.53. The van der Waals surface area contributed by atoms with E-state index in [2.05, 4.69) is 20.3 Å². The molecule has 26 heavy (non-hydrogen) atoms. The van der Waals surface area contributed by atoms with Crippen LogP contribution in [-0.2, 0) is 4.79 Å². The van der Waals surface area contributed by atoms with Crippen LogP contribution >= 0.6 is 22.9 Å². The van der Waals surface area contributed by atoms with E-state index in [0.29, 0.717) is 15.9 Å². The first-order valence-corrected chi connectivity index (χ1v) is 8.86. The van der Waals surface area contributed by atoms with Gasteiger partial charge in [0.05, 0.1) is 15.9 Å². The van der Waals surface area contributed by atoms with E-state index in [1.165, 1.54) is 28.5 Å². The number of thiazole rings is 1. The van der Waals surface area contributed by atoms with Gasteiger partial charge in [-0.05, 0) is 31.2 Å². The Balaban J connectivity index is 1.60. The second-order valence-electron chi connectivity index (χ2n) is 5.61. The molecule has 0 aliphatic carbocycles. The second-order valence-corrected chi connectivity index (χ2v) is 7.05. The third kappa shape index (κ3) is 2.93. The Morgan fingerprint density at radius 2 is 2.08 bits per heavy atom. The number of rotatable bonds is 3. The molecular formula is C17H12ClN5O2S. The first-order chi connectivity index (χ1) is 12.5. The minimum Gasteiger partial charge on any atom is -0.506 e. The predicted molar refractivity (Wildman–Crippen MR) is 102 cm³/mol. The number of phenols is 1. The number of benzene rings is 2. The minimum absolute atomic E-state index is 0.107. The van der Waals surface area contributed by atoms with Crippen molar-refractivity contribution in [3.05, 3.63) is 47.5 Å². The number of hydrazone groups is 1. The van der Waals surface area contributed by atoms with Crippen molar-refractivity contribution in [2.24, 2.45) is 15.3 Å². The number of azo groups is 1. The third-order valence-electron chi connectivity index (χ3n) is 3.78. The molecule has 4 rings (SSSR count). The van der Waals surface area contributed by atoms with Gasteiger partial charge in [-0.15, -0.1) is 0 Å². The zero-order valence-electron chi connectivity index (χ0n) is 13.5. The maximum atomic E-state index is 12.7. The number of phenolic OH excluding ortho intramolecular Hbond substituents is 1. The molecule has 1 aliphatic heterocycles. The number of para-hydroxylation sites is 1. The summed E-state index contributed by atoms with van der Waals surface area (Å²) in [7, 11) is 0. The van der Waals surface area contributed by atoms with Crippen molar-refractivity contribution in [3.8, 4) is 5.75 Å². The molecule has 2 heterocycles. The SMILES string of the molecule is CC1=NN(c2nc3ccccc3s2)C(=O)C1N=Nc1ccc(Cl)cc1O. The average molecular weight is 386 g/mol. The van der Waals surface area contributed by atoms with E-state index >= 15 is 0 Å². The molecule has 0 saturated heterocycles. The van der Waals surface area contributed by atoms with Gasteiger partial charge < -0.3 is 5.11 Å². The molecule has 0 bridgehead atoms. The van der Waals surface area contributed by atoms with Crippen LogP contribution in [0.2, 0.25) is 5.02 Å². The van der Waals surface area contributed by atoms with Crippen LogP contribution in [0, 0.1) is 0 Å². The van der Waals surface area contributed by atoms with Gasteiger partial charge in [-0.1, -0.05) is 35.1 Å². The molecule has 0 spiro atoms. The molecule has 2 aromatic carbocycles. The van der Waals surface area contributed by atoms with Crippen LogP contribution in [0.4, 0.5) is 10.8 Å². The summed E-state index contributed by atoms with van der Waals surface area (Å²) in [4.78, 5) is 17.1. The first kappa shape index (κ1) is 16.6. The number of amides is 1. The number of aromatic hydroxyl groups is 1. The fraction of sp³-hybridized carbons (Fsp3) is 0.118. The Bertz CT molecular complexity index is 1040. The van der Waals surface area contributed by atoms with Crippen LogP contribution in [0.1, 0.15) is 6.92 Å². The maximum absolute atomic E-state index is 12.7. The molecule has 1 unspecified atom stereocenters. The molecule has 1 aliphatic rings. The zero-order valence-corrected chi connectivity index (χ0v) is 15.1. The molecule has 1 atom stereocenters. The summed E-state index contributed by atoms with van der Waals surface area (Å²) < 4.78 is 0.972. The third-order valence-corrected chi connectivity index (χ3v) is 5.03. The fourth-order valence-electron chi connectivity index (χ4n) is 2.48. The molecule has 9 heteroatoms. The molecule has 1 N–H and O–H groups in total. The van der Waals surface area contributed by atoms with E-state index in [4.69, 9.17) is 11.6 Å². The van der Waals surface area contributed by atoms with Crippen LogP contribution < -0.4 is 5.01 Å². The van der Waals surface area contributed by atoms with Crippen LogP contribution in [0.25, 0.3) is 10.2 Å². The lowest BCUT2D eigenvalue weighted by Crippen LogP contribution is -2.29. The number of carbonyl (C=O) groups is 1. The van der Waals surface area contributed by atoms with Crippen molar-refractivity contribution in [1.82, 2.24) is 4.98 Å². The number of carbonyl (C=O) groups excluding carboxylic acids is 1. The summed E-state index contributed by atoms with van der Waals surface area (Å²) in [6.07, 6.45) is 0. The highest BCUT2D eigenvalue weighted by Crippen LogP contribution is 2.33. The highest BCUT2D eigenvalue weighted by atomic mass is 35.5. The minimum atomic E-state index is -0.850. The van der Waals surface area contributed by atoms with E-state index < -0.39 is 6.04 Å². The van der Waals surface area contributed by atoms with E-state index in [9.17, 15) is 9.90 Å². The maximum Gasteiger partial charge on any atom is 0.282 e. The first-order valence-electron chi connectivity index (χ1n) is 7.67. The van der Waals surface area contributed by atoms with Crippen molar-refractivity contribution >= 4 is 55.6 Å². The van der Waals surface area contributed by atoms with Gasteiger partial charge in [0.1, 0.15) is 11.4 Å². The Labute approximate surface area is 157 Å². The summed E-state index contributed by atoms with van der Waals surface area (Å²) in [6, 6.07) is 11.2. The monoisotopic (exact) mass is 385 g/mol. The van der Waals surface area contributed by atoms with E-state index in [1.807, 2.05) is 24.3 Å². The molecule has 0 radical (unpaired) electrons. The lowest BCUT2D eigenvalue weighted by Gasteiger charge is -2.07. The second kappa shape index (κ2) is 6.47. The van der Waals surface area contributed by atoms with E-state index in [1.54, 1.807) is 13.0 Å². The summed E-state index contributed by atoms with van der Waals surface area (Å²) in [5.74, 6) is -0.442. The number of halogens is 1. The number of fused-ring (bicyclic) bond motifs is 1. The fourth-order valence-corrected chi connectivity index (χ4v) is 3.57. The van der Waals surface area contributed by atoms with Gasteiger partial charge >= 0.3 is 0 Å². The lowest BCUT2D eigenvalue weighted by molar-refractivity contribution is -0.117. The van der Waals surface area contributed by atoms with Crippen molar-refractivity contribution < 1.29 is 9.90 Å². The zero-order chi connectivity index (χ0) is 18.3. The largest absolute Gasteiger partial charge is 0.506 e. The van der Waals surface area contributed by atoms with Gasteiger partial charge in [0.15, 0.2) is 6.04 Å². The number of nitrogens with zero attached hydrogens (tertiary/aromatic N) is 5. The number of hydrogen-bond acceptors (Lipinski definition) is 7. The van der Waals surface area contributed by atoms with E-state index in [-0.39, 0.29) is 17.3 Å². The quantitative estimate of drug-likeness (QED) is 0.671. The van der Waals surface area contributed by atoms with Crippen molar-refractivity contribution in [1.29, 1.82) is 0 Å². The Morgan fingerprint density at radius 1 is 1.27 bits per heavy atom. The summed E-state index contributed by atoms with van der Waals surface area (Å²) >= 11 is 7.17. The van der Waals surface area contributed by atoms with Gasteiger partial charge in [0, 0.05) is 11.1 Å². The van der Waals surface area contributed by atoms with Crippen LogP contribution in [0.5, 0.6) is 5.75 Å². The highest BCUT2D eigenvalue weighted by molar-refractivity contribution is 7.22. The summed E-state index contributed by atoms with van der Waals surface area (Å²) in [5.41, 5.74) is 1.55. The topological polar surface area (TPSA) is 90.5 Å². The summed E-state index contributed by atoms with van der Waals surface area (Å²) in [6.45, 7) is 1.70. The van der Waals surface area contributed by atoms with Crippen LogP contribution in [0.3, 0.4) is 0 Å². The van der Waals surface area contributed by atoms with Crippen LogP contribution in [0.15, 0.2) is 57.8 Å². The van der Waals surface area contributed by atoms with Crippen LogP contribution in [-0.4, -0.2) is 27.8 Å². The van der Waals surface area contributed by atoms with Gasteiger partial charge in [-0.25, -0.2) is 4.98 Å². The molecular weight excluding hydrogens is 374 g/mol. The van der Waals surface area contributed by atoms with Crippen molar-refractivity contribution in [2.45, 2.75) is 13.0 Å². The number of aromatic nitrogens is 1. The lowest BCUT2D eigenvalue weighted by atomic mass is 10.2. The van der Waals surface area contributed by atoms with Gasteiger partial charge in [0.25, 0.3) is 5.91 Å². The smallest absolute Gasteiger partial charge is 0.282 e. The molecule has 0 saturated carbocycles. The molecule has 7 nitrogen and oxygen atoms in total. The van der Waals surface area contributed by atoms with E-state index in [0.717, 1.165) is 10.2 Å². The van der Waals surface area contributed by atoms with Gasteiger partial charge in [-0.2, -0.15) is 20.3 Å². The van der Waals surface area contributed by atoms with Gasteiger partial charge in [-0.3, -0.25) is 4.79 Å². The normalized spacial score (nSPS) is 17.5. The molecule has 130 valence electrons. The number of anilines is 1. The Morgan fingerprint density at radius 3 is 2.85 bits per heavy atom. The molecule has 3 aromatic rings. The average Bonchev–Trinajstić information content (AvgIpc) is 3.16. The highest BCUT2D eigenvalue weighted by Gasteiger charge is 2.36. The Kier molecular flexibility index (Phi) is 4.14.